The Hall–Kier alpha value is -1.15. The molecule has 0 radical (unpaired) electrons. The van der Waals surface area contributed by atoms with E-state index in [-0.39, 0.29) is 5.41 Å². The molecule has 0 amide bonds. The maximum absolute atomic E-state index is 12.3. The van der Waals surface area contributed by atoms with E-state index in [4.69, 9.17) is 4.74 Å². The van der Waals surface area contributed by atoms with E-state index >= 15 is 0 Å². The molecule has 5 aliphatic carbocycles. The van der Waals surface area contributed by atoms with Crippen molar-refractivity contribution in [3.8, 4) is 0 Å². The van der Waals surface area contributed by atoms with Crippen LogP contribution in [-0.4, -0.2) is 18.5 Å². The van der Waals surface area contributed by atoms with Gasteiger partial charge in [-0.25, -0.2) is 0 Å². The number of ketones is 1. The van der Waals surface area contributed by atoms with Gasteiger partial charge in [0.25, 0.3) is 0 Å². The SMILES string of the molecule is CC(=O)[C@H]1CCC2C3CC=C4CC(OCC5=CCCC=C5)CC[C@]4(C)C3CC[C@@]21C. The minimum absolute atomic E-state index is 0.260. The fourth-order valence-corrected chi connectivity index (χ4v) is 8.43. The molecule has 0 saturated heterocycles. The molecule has 164 valence electrons. The number of rotatable bonds is 4. The Labute approximate surface area is 183 Å². The van der Waals surface area contributed by atoms with Crippen molar-refractivity contribution >= 4 is 5.78 Å². The molecule has 0 heterocycles. The molecule has 0 aromatic rings. The van der Waals surface area contributed by atoms with Gasteiger partial charge in [-0.05, 0) is 105 Å². The van der Waals surface area contributed by atoms with Crippen LogP contribution in [0, 0.1) is 34.5 Å². The van der Waals surface area contributed by atoms with Crippen LogP contribution in [0.2, 0.25) is 0 Å². The molecular formula is C28H40O2. The van der Waals surface area contributed by atoms with Crippen LogP contribution in [0.15, 0.2) is 35.5 Å². The third-order valence-corrected chi connectivity index (χ3v) is 10.1. The van der Waals surface area contributed by atoms with Gasteiger partial charge in [-0.1, -0.05) is 43.7 Å². The third-order valence-electron chi connectivity index (χ3n) is 10.1. The molecule has 2 heteroatoms. The highest BCUT2D eigenvalue weighted by Gasteiger charge is 2.59. The van der Waals surface area contributed by atoms with Gasteiger partial charge in [-0.3, -0.25) is 4.79 Å². The quantitative estimate of drug-likeness (QED) is 0.477. The van der Waals surface area contributed by atoms with Gasteiger partial charge in [0.1, 0.15) is 5.78 Å². The maximum Gasteiger partial charge on any atom is 0.133 e. The van der Waals surface area contributed by atoms with Crippen LogP contribution in [0.3, 0.4) is 0 Å². The molecule has 0 aliphatic heterocycles. The fraction of sp³-hybridized carbons (Fsp3) is 0.750. The largest absolute Gasteiger partial charge is 0.373 e. The number of Topliss-reactive ketones (excluding diaryl/α,β-unsaturated/α-hetero) is 1. The lowest BCUT2D eigenvalue weighted by Crippen LogP contribution is -2.51. The Morgan fingerprint density at radius 2 is 1.93 bits per heavy atom. The molecule has 0 bridgehead atoms. The molecule has 4 unspecified atom stereocenters. The second kappa shape index (κ2) is 7.76. The van der Waals surface area contributed by atoms with Gasteiger partial charge in [0.05, 0.1) is 12.7 Å². The van der Waals surface area contributed by atoms with Crippen molar-refractivity contribution in [2.24, 2.45) is 34.5 Å². The Morgan fingerprint density at radius 1 is 1.07 bits per heavy atom. The highest BCUT2D eigenvalue weighted by Crippen LogP contribution is 2.66. The number of fused-ring (bicyclic) bond motifs is 5. The van der Waals surface area contributed by atoms with Crippen LogP contribution in [0.25, 0.3) is 0 Å². The second-order valence-electron chi connectivity index (χ2n) is 11.5. The van der Waals surface area contributed by atoms with Gasteiger partial charge in [0.2, 0.25) is 0 Å². The van der Waals surface area contributed by atoms with E-state index in [0.29, 0.717) is 23.2 Å². The first kappa shape index (κ1) is 20.7. The van der Waals surface area contributed by atoms with Crippen molar-refractivity contribution in [2.75, 3.05) is 6.61 Å². The van der Waals surface area contributed by atoms with E-state index in [1.54, 1.807) is 5.57 Å². The average Bonchev–Trinajstić information content (AvgIpc) is 3.10. The lowest BCUT2D eigenvalue weighted by molar-refractivity contribution is -0.127. The van der Waals surface area contributed by atoms with Gasteiger partial charge >= 0.3 is 0 Å². The van der Waals surface area contributed by atoms with Crippen LogP contribution < -0.4 is 0 Å². The monoisotopic (exact) mass is 408 g/mol. The van der Waals surface area contributed by atoms with E-state index in [9.17, 15) is 4.79 Å². The lowest BCUT2D eigenvalue weighted by Gasteiger charge is -2.58. The van der Waals surface area contributed by atoms with Crippen molar-refractivity contribution in [1.29, 1.82) is 0 Å². The summed E-state index contributed by atoms with van der Waals surface area (Å²) in [6.45, 7) is 7.64. The Bertz CT molecular complexity index is 788. The Morgan fingerprint density at radius 3 is 2.70 bits per heavy atom. The summed E-state index contributed by atoms with van der Waals surface area (Å²) in [6.07, 6.45) is 22.0. The standard InChI is InChI=1S/C28H40O2/c1-19(29)24-11-12-25-23-10-9-21-17-22(30-18-20-7-5-4-6-8-20)13-15-27(21,2)26(23)14-16-28(24,25)3/h5,7-9,22-26H,4,6,10-18H2,1-3H3/t22?,23?,24-,25?,26?,27+,28-/m1/s1. The van der Waals surface area contributed by atoms with Crippen LogP contribution in [0.4, 0.5) is 0 Å². The number of carbonyl (C=O) groups is 1. The third kappa shape index (κ3) is 3.29. The molecule has 5 rings (SSSR count). The normalized spacial score (nSPS) is 45.1. The summed E-state index contributed by atoms with van der Waals surface area (Å²) in [5.41, 5.74) is 3.68. The van der Waals surface area contributed by atoms with Gasteiger partial charge in [-0.15, -0.1) is 0 Å². The van der Waals surface area contributed by atoms with Crippen LogP contribution in [0.5, 0.6) is 0 Å². The van der Waals surface area contributed by atoms with Crippen LogP contribution >= 0.6 is 0 Å². The summed E-state index contributed by atoms with van der Waals surface area (Å²) in [5, 5.41) is 0. The van der Waals surface area contributed by atoms with Crippen molar-refractivity contribution in [3.05, 3.63) is 35.5 Å². The zero-order valence-corrected chi connectivity index (χ0v) is 19.3. The van der Waals surface area contributed by atoms with Crippen molar-refractivity contribution in [1.82, 2.24) is 0 Å². The number of ether oxygens (including phenoxy) is 1. The van der Waals surface area contributed by atoms with E-state index in [0.717, 1.165) is 43.6 Å². The summed E-state index contributed by atoms with van der Waals surface area (Å²) >= 11 is 0. The summed E-state index contributed by atoms with van der Waals surface area (Å²) < 4.78 is 6.38. The topological polar surface area (TPSA) is 26.3 Å². The molecule has 0 spiro atoms. The summed E-state index contributed by atoms with van der Waals surface area (Å²) in [6, 6.07) is 0. The number of hydrogen-bond donors (Lipinski definition) is 0. The first-order chi connectivity index (χ1) is 14.4. The molecule has 5 aliphatic rings. The molecule has 2 nitrogen and oxygen atoms in total. The first-order valence-electron chi connectivity index (χ1n) is 12.6. The number of allylic oxidation sites excluding steroid dienone is 3. The van der Waals surface area contributed by atoms with Crippen molar-refractivity contribution in [2.45, 2.75) is 91.1 Å². The Kier molecular flexibility index (Phi) is 5.37. The van der Waals surface area contributed by atoms with Gasteiger partial charge < -0.3 is 4.74 Å². The van der Waals surface area contributed by atoms with Crippen LogP contribution in [-0.2, 0) is 9.53 Å². The molecule has 3 fully saturated rings. The van der Waals surface area contributed by atoms with Crippen LogP contribution in [0.1, 0.15) is 85.0 Å². The number of hydrogen-bond acceptors (Lipinski definition) is 2. The number of carbonyl (C=O) groups excluding carboxylic acids is 1. The summed E-state index contributed by atoms with van der Waals surface area (Å²) in [4.78, 5) is 12.3. The van der Waals surface area contributed by atoms with E-state index in [1.807, 2.05) is 6.92 Å². The highest BCUT2D eigenvalue weighted by atomic mass is 16.5. The first-order valence-corrected chi connectivity index (χ1v) is 12.6. The molecule has 3 saturated carbocycles. The molecule has 7 atom stereocenters. The van der Waals surface area contributed by atoms with Crippen molar-refractivity contribution in [3.63, 3.8) is 0 Å². The van der Waals surface area contributed by atoms with Crippen molar-refractivity contribution < 1.29 is 9.53 Å². The molecule has 0 aromatic carbocycles. The lowest BCUT2D eigenvalue weighted by atomic mass is 9.47. The second-order valence-corrected chi connectivity index (χ2v) is 11.5. The summed E-state index contributed by atoms with van der Waals surface area (Å²) in [5.74, 6) is 3.10. The minimum atomic E-state index is 0.260. The smallest absolute Gasteiger partial charge is 0.133 e. The maximum atomic E-state index is 12.3. The van der Waals surface area contributed by atoms with E-state index in [2.05, 4.69) is 38.2 Å². The Balaban J connectivity index is 1.29. The summed E-state index contributed by atoms with van der Waals surface area (Å²) in [7, 11) is 0. The van der Waals surface area contributed by atoms with E-state index < -0.39 is 0 Å². The molecule has 0 N–H and O–H groups in total. The average molecular weight is 409 g/mol. The van der Waals surface area contributed by atoms with E-state index in [1.165, 1.54) is 50.5 Å². The zero-order valence-electron chi connectivity index (χ0n) is 19.3. The molecule has 30 heavy (non-hydrogen) atoms. The minimum Gasteiger partial charge on any atom is -0.373 e. The zero-order chi connectivity index (χ0) is 20.9. The molecular weight excluding hydrogens is 368 g/mol. The fourth-order valence-electron chi connectivity index (χ4n) is 8.43. The predicted molar refractivity (Wildman–Crippen MR) is 122 cm³/mol. The predicted octanol–water partition coefficient (Wildman–Crippen LogP) is 6.82. The highest BCUT2D eigenvalue weighted by molar-refractivity contribution is 5.79. The van der Waals surface area contributed by atoms with Gasteiger partial charge in [0.15, 0.2) is 0 Å². The van der Waals surface area contributed by atoms with Gasteiger partial charge in [-0.2, -0.15) is 0 Å². The molecule has 0 aromatic heterocycles. The van der Waals surface area contributed by atoms with Gasteiger partial charge in [0, 0.05) is 5.92 Å².